The van der Waals surface area contributed by atoms with Crippen molar-refractivity contribution in [1.82, 2.24) is 19.7 Å². The Morgan fingerprint density at radius 1 is 1.12 bits per heavy atom. The predicted octanol–water partition coefficient (Wildman–Crippen LogP) is 2.75. The molecule has 0 aliphatic rings. The van der Waals surface area contributed by atoms with E-state index in [1.165, 1.54) is 23.9 Å². The van der Waals surface area contributed by atoms with E-state index >= 15 is 0 Å². The molecule has 0 bridgehead atoms. The van der Waals surface area contributed by atoms with Crippen LogP contribution in [0.1, 0.15) is 6.42 Å². The normalized spacial score (nSPS) is 10.8. The summed E-state index contributed by atoms with van der Waals surface area (Å²) in [6.07, 6.45) is 2.81. The number of aliphatic carboxylic acids is 1. The number of nitrogens with one attached hydrogen (secondary N) is 1. The van der Waals surface area contributed by atoms with E-state index in [4.69, 9.17) is 5.11 Å². The molecular formula is C23H21N5O5. The molecule has 0 aliphatic carbocycles. The first-order valence-corrected chi connectivity index (χ1v) is 10.1. The molecule has 0 spiro atoms. The van der Waals surface area contributed by atoms with Crippen LogP contribution < -0.4 is 15.8 Å². The van der Waals surface area contributed by atoms with Gasteiger partial charge in [-0.3, -0.25) is 14.5 Å². The number of benzene rings is 2. The van der Waals surface area contributed by atoms with Gasteiger partial charge >= 0.3 is 12.0 Å². The van der Waals surface area contributed by atoms with E-state index in [1.54, 1.807) is 35.1 Å². The van der Waals surface area contributed by atoms with Crippen LogP contribution in [-0.2, 0) is 11.8 Å². The minimum Gasteiger partial charge on any atom is -0.505 e. The number of hydrogen-bond acceptors (Lipinski definition) is 5. The smallest absolute Gasteiger partial charge is 0.326 e. The number of hydrogen-bond donors (Lipinski definition) is 3. The molecule has 33 heavy (non-hydrogen) atoms. The van der Waals surface area contributed by atoms with Gasteiger partial charge in [0.15, 0.2) is 5.69 Å². The highest BCUT2D eigenvalue weighted by atomic mass is 16.4. The number of amides is 2. The Kier molecular flexibility index (Phi) is 5.81. The average molecular weight is 447 g/mol. The molecule has 0 radical (unpaired) electrons. The lowest BCUT2D eigenvalue weighted by Gasteiger charge is -2.24. The maximum Gasteiger partial charge on any atom is 0.326 e. The fourth-order valence-electron chi connectivity index (χ4n) is 3.46. The summed E-state index contributed by atoms with van der Waals surface area (Å²) in [5.41, 5.74) is 0.919. The number of carbonyl (C=O) groups is 2. The molecule has 2 amide bonds. The van der Waals surface area contributed by atoms with Gasteiger partial charge in [0.2, 0.25) is 0 Å². The van der Waals surface area contributed by atoms with Crippen molar-refractivity contribution >= 4 is 34.3 Å². The van der Waals surface area contributed by atoms with Gasteiger partial charge in [-0.1, -0.05) is 24.3 Å². The van der Waals surface area contributed by atoms with Crippen molar-refractivity contribution in [3.63, 3.8) is 0 Å². The number of aromatic hydroxyl groups is 1. The molecule has 168 valence electrons. The second-order valence-electron chi connectivity index (χ2n) is 7.31. The summed E-state index contributed by atoms with van der Waals surface area (Å²) in [6.45, 7) is -0.151. The molecule has 0 fully saturated rings. The van der Waals surface area contributed by atoms with E-state index in [2.05, 4.69) is 10.4 Å². The van der Waals surface area contributed by atoms with Gasteiger partial charge in [-0.2, -0.15) is 5.10 Å². The first-order chi connectivity index (χ1) is 15.9. The lowest BCUT2D eigenvalue weighted by Crippen LogP contribution is -2.41. The average Bonchev–Trinajstić information content (AvgIpc) is 3.23. The van der Waals surface area contributed by atoms with Gasteiger partial charge in [0, 0.05) is 25.2 Å². The number of aryl methyl sites for hydroxylation is 1. The first-order valence-electron chi connectivity index (χ1n) is 10.1. The Hall–Kier alpha value is -4.60. The number of fused-ring (bicyclic) bond motifs is 1. The number of carboxylic acid groups (broad SMARTS) is 1. The Morgan fingerprint density at radius 2 is 1.91 bits per heavy atom. The number of nitrogens with zero attached hydrogens (tertiary/aromatic N) is 4. The number of carboxylic acids is 1. The van der Waals surface area contributed by atoms with Gasteiger partial charge in [-0.05, 0) is 30.3 Å². The van der Waals surface area contributed by atoms with Crippen molar-refractivity contribution in [3.8, 4) is 11.4 Å². The predicted molar refractivity (Wildman–Crippen MR) is 122 cm³/mol. The largest absolute Gasteiger partial charge is 0.505 e. The molecule has 2 aromatic carbocycles. The van der Waals surface area contributed by atoms with Crippen LogP contribution in [0.15, 0.2) is 71.8 Å². The lowest BCUT2D eigenvalue weighted by molar-refractivity contribution is -0.136. The molecule has 2 aromatic heterocycles. The quantitative estimate of drug-likeness (QED) is 0.417. The highest BCUT2D eigenvalue weighted by Gasteiger charge is 2.25. The molecule has 3 N–H and O–H groups in total. The molecule has 0 saturated heterocycles. The van der Waals surface area contributed by atoms with E-state index < -0.39 is 17.6 Å². The van der Waals surface area contributed by atoms with Gasteiger partial charge in [0.25, 0.3) is 5.56 Å². The molecule has 0 aliphatic heterocycles. The van der Waals surface area contributed by atoms with Crippen molar-refractivity contribution in [2.24, 2.45) is 7.05 Å². The SMILES string of the molecule is Cn1ccc(O)c(N(C(=O)NCCC(=O)O)c2cccc(-n3ncc4ccccc43)c2)c1=O. The molecule has 10 heteroatoms. The molecule has 0 atom stereocenters. The molecular weight excluding hydrogens is 426 g/mol. The fourth-order valence-corrected chi connectivity index (χ4v) is 3.46. The van der Waals surface area contributed by atoms with Gasteiger partial charge < -0.3 is 20.1 Å². The van der Waals surface area contributed by atoms with Crippen LogP contribution in [0.3, 0.4) is 0 Å². The zero-order valence-electron chi connectivity index (χ0n) is 17.7. The lowest BCUT2D eigenvalue weighted by atomic mass is 10.2. The monoisotopic (exact) mass is 447 g/mol. The fraction of sp³-hybridized carbons (Fsp3) is 0.130. The summed E-state index contributed by atoms with van der Waals surface area (Å²) < 4.78 is 2.93. The third kappa shape index (κ3) is 4.26. The van der Waals surface area contributed by atoms with E-state index in [-0.39, 0.29) is 24.4 Å². The molecule has 10 nitrogen and oxygen atoms in total. The van der Waals surface area contributed by atoms with Gasteiger partial charge in [0.05, 0.1) is 29.5 Å². The van der Waals surface area contributed by atoms with Gasteiger partial charge in [-0.25, -0.2) is 9.48 Å². The second kappa shape index (κ2) is 8.87. The molecule has 2 heterocycles. The van der Waals surface area contributed by atoms with Crippen LogP contribution >= 0.6 is 0 Å². The summed E-state index contributed by atoms with van der Waals surface area (Å²) in [7, 11) is 1.50. The Bertz CT molecular complexity index is 1410. The van der Waals surface area contributed by atoms with Crippen molar-refractivity contribution < 1.29 is 19.8 Å². The van der Waals surface area contributed by atoms with Crippen LogP contribution in [0.4, 0.5) is 16.2 Å². The third-order valence-electron chi connectivity index (χ3n) is 5.07. The number of anilines is 2. The minimum absolute atomic E-state index is 0.151. The maximum absolute atomic E-state index is 13.1. The van der Waals surface area contributed by atoms with Gasteiger partial charge in [0.1, 0.15) is 5.75 Å². The maximum atomic E-state index is 13.1. The number of rotatable bonds is 6. The molecule has 4 rings (SSSR count). The zero-order valence-corrected chi connectivity index (χ0v) is 17.7. The Labute approximate surface area is 187 Å². The first kappa shape index (κ1) is 21.6. The topological polar surface area (TPSA) is 130 Å². The summed E-state index contributed by atoms with van der Waals surface area (Å²) in [4.78, 5) is 37.8. The number of urea groups is 1. The van der Waals surface area contributed by atoms with E-state index in [0.717, 1.165) is 15.8 Å². The van der Waals surface area contributed by atoms with Crippen LogP contribution in [-0.4, -0.2) is 43.1 Å². The van der Waals surface area contributed by atoms with E-state index in [0.29, 0.717) is 11.4 Å². The van der Waals surface area contributed by atoms with Crippen LogP contribution in [0.5, 0.6) is 5.75 Å². The summed E-state index contributed by atoms with van der Waals surface area (Å²) in [5.74, 6) is -1.46. The number of pyridine rings is 1. The minimum atomic E-state index is -1.08. The summed E-state index contributed by atoms with van der Waals surface area (Å²) in [5, 5.41) is 27.2. The highest BCUT2D eigenvalue weighted by molar-refractivity contribution is 6.01. The van der Waals surface area contributed by atoms with Crippen molar-refractivity contribution in [3.05, 3.63) is 77.3 Å². The standard InChI is InChI=1S/C23H21N5O5/c1-26-12-10-19(29)21(22(26)32)27(23(33)24-11-9-20(30)31)16-6-4-7-17(13-16)28-18-8-3-2-5-15(18)14-25-28/h2-8,10,12-14,29H,9,11H2,1H3,(H,24,33)(H,30,31). The Morgan fingerprint density at radius 3 is 2.70 bits per heavy atom. The number of carbonyl (C=O) groups excluding carboxylic acids is 1. The second-order valence-corrected chi connectivity index (χ2v) is 7.31. The van der Waals surface area contributed by atoms with Crippen LogP contribution in [0, 0.1) is 0 Å². The summed E-state index contributed by atoms with van der Waals surface area (Å²) >= 11 is 0. The molecule has 4 aromatic rings. The van der Waals surface area contributed by atoms with Crippen molar-refractivity contribution in [1.29, 1.82) is 0 Å². The zero-order chi connectivity index (χ0) is 23.5. The van der Waals surface area contributed by atoms with Gasteiger partial charge in [-0.15, -0.1) is 0 Å². The highest BCUT2D eigenvalue weighted by Crippen LogP contribution is 2.31. The number of aromatic nitrogens is 3. The van der Waals surface area contributed by atoms with Crippen molar-refractivity contribution in [2.75, 3.05) is 11.4 Å². The summed E-state index contributed by atoms with van der Waals surface area (Å²) in [6, 6.07) is 14.9. The van der Waals surface area contributed by atoms with Crippen LogP contribution in [0.2, 0.25) is 0 Å². The van der Waals surface area contributed by atoms with E-state index in [1.807, 2.05) is 24.3 Å². The van der Waals surface area contributed by atoms with E-state index in [9.17, 15) is 19.5 Å². The van der Waals surface area contributed by atoms with Crippen LogP contribution in [0.25, 0.3) is 16.6 Å². The number of para-hydroxylation sites is 1. The molecule has 0 saturated carbocycles. The third-order valence-corrected chi connectivity index (χ3v) is 5.07. The van der Waals surface area contributed by atoms with Crippen molar-refractivity contribution in [2.45, 2.75) is 6.42 Å². The Balaban J connectivity index is 1.82. The molecule has 0 unspecified atom stereocenters.